The van der Waals surface area contributed by atoms with Crippen LogP contribution in [0.25, 0.3) is 0 Å². The number of hydrogen-bond donors (Lipinski definition) is 3. The number of anilines is 2. The maximum atomic E-state index is 13.8. The predicted molar refractivity (Wildman–Crippen MR) is 119 cm³/mol. The number of carbonyl (C=O) groups is 2. The molecular formula is C21H23F4N3O6S. The number of benzene rings is 2. The average Bonchev–Trinajstić information content (AvgIpc) is 2.75. The summed E-state index contributed by atoms with van der Waals surface area (Å²) in [6.07, 6.45) is -4.11. The second kappa shape index (κ2) is 11.4. The smallest absolute Gasteiger partial charge is 0.478 e. The van der Waals surface area contributed by atoms with E-state index in [0.29, 0.717) is 44.0 Å². The Labute approximate surface area is 198 Å². The van der Waals surface area contributed by atoms with Crippen LogP contribution in [0.3, 0.4) is 0 Å². The third-order valence-corrected chi connectivity index (χ3v) is 5.45. The number of aromatic carboxylic acids is 1. The van der Waals surface area contributed by atoms with Crippen LogP contribution in [0.2, 0.25) is 0 Å². The molecule has 1 aliphatic heterocycles. The van der Waals surface area contributed by atoms with Crippen molar-refractivity contribution in [2.45, 2.75) is 12.7 Å². The van der Waals surface area contributed by atoms with Crippen LogP contribution in [-0.4, -0.2) is 74.1 Å². The molecule has 3 N–H and O–H groups in total. The molecule has 0 atom stereocenters. The maximum absolute atomic E-state index is 13.8. The molecule has 0 aromatic heterocycles. The molecule has 3 rings (SSSR count). The van der Waals surface area contributed by atoms with E-state index in [2.05, 4.69) is 9.62 Å². The number of sulfonamides is 1. The van der Waals surface area contributed by atoms with Gasteiger partial charge in [0, 0.05) is 44.0 Å². The molecule has 1 aliphatic rings. The van der Waals surface area contributed by atoms with Crippen LogP contribution >= 0.6 is 0 Å². The molecule has 0 bridgehead atoms. The number of hydrogen-bond acceptors (Lipinski definition) is 6. The van der Waals surface area contributed by atoms with Gasteiger partial charge in [0.1, 0.15) is 5.82 Å². The average molecular weight is 521 g/mol. The van der Waals surface area contributed by atoms with E-state index in [1.807, 2.05) is 11.0 Å². The lowest BCUT2D eigenvalue weighted by atomic mass is 10.1. The van der Waals surface area contributed by atoms with Gasteiger partial charge in [-0.05, 0) is 24.3 Å². The molecule has 0 saturated carbocycles. The lowest BCUT2D eigenvalue weighted by Crippen LogP contribution is -2.46. The van der Waals surface area contributed by atoms with Crippen molar-refractivity contribution >= 4 is 33.3 Å². The van der Waals surface area contributed by atoms with E-state index in [1.165, 1.54) is 18.2 Å². The van der Waals surface area contributed by atoms with Gasteiger partial charge in [0.05, 0.1) is 17.5 Å². The van der Waals surface area contributed by atoms with Gasteiger partial charge in [-0.25, -0.2) is 22.4 Å². The Bertz CT molecular complexity index is 1170. The van der Waals surface area contributed by atoms with Gasteiger partial charge in [-0.15, -0.1) is 0 Å². The van der Waals surface area contributed by atoms with E-state index in [0.717, 1.165) is 6.26 Å². The molecule has 1 heterocycles. The normalized spacial score (nSPS) is 14.6. The van der Waals surface area contributed by atoms with Crippen LogP contribution in [0.5, 0.6) is 0 Å². The van der Waals surface area contributed by atoms with Crippen molar-refractivity contribution in [2.24, 2.45) is 0 Å². The highest BCUT2D eigenvalue weighted by atomic mass is 32.2. The lowest BCUT2D eigenvalue weighted by Gasteiger charge is -2.36. The predicted octanol–water partition coefficient (Wildman–Crippen LogP) is 2.85. The summed E-state index contributed by atoms with van der Waals surface area (Å²) in [6, 6.07) is 11.3. The van der Waals surface area contributed by atoms with Crippen molar-refractivity contribution in [3.8, 4) is 0 Å². The zero-order valence-electron chi connectivity index (χ0n) is 18.4. The summed E-state index contributed by atoms with van der Waals surface area (Å²) in [6.45, 7) is 3.26. The van der Waals surface area contributed by atoms with E-state index >= 15 is 0 Å². The van der Waals surface area contributed by atoms with E-state index in [9.17, 15) is 35.9 Å². The van der Waals surface area contributed by atoms with Crippen molar-refractivity contribution in [1.29, 1.82) is 0 Å². The number of nitrogens with zero attached hydrogens (tertiary/aromatic N) is 2. The van der Waals surface area contributed by atoms with Gasteiger partial charge in [-0.1, -0.05) is 18.2 Å². The zero-order valence-corrected chi connectivity index (χ0v) is 19.2. The summed E-state index contributed by atoms with van der Waals surface area (Å²) in [4.78, 5) is 24.6. The summed E-state index contributed by atoms with van der Waals surface area (Å²) in [5, 5.41) is 16.5. The van der Waals surface area contributed by atoms with Crippen molar-refractivity contribution in [2.75, 3.05) is 42.1 Å². The van der Waals surface area contributed by atoms with E-state index in [4.69, 9.17) is 9.90 Å². The molecule has 35 heavy (non-hydrogen) atoms. The number of nitrogens with one attached hydrogen (secondary N) is 1. The Morgan fingerprint density at radius 2 is 1.60 bits per heavy atom. The van der Waals surface area contributed by atoms with E-state index in [-0.39, 0.29) is 17.1 Å². The van der Waals surface area contributed by atoms with E-state index < -0.39 is 28.1 Å². The molecule has 0 unspecified atom stereocenters. The Hall–Kier alpha value is -3.39. The standard InChI is InChI=1S/C19H22FN3O4S.C2HF3O2/c1-28(26,27)21-18-7-6-15(12-16(18)19(24)25)23-10-8-22(9-11-23)13-14-4-2-3-5-17(14)20;3-2(4,5)1(6)7/h2-7,12,21H,8-11,13H2,1H3,(H,24,25);(H,6,7). The first-order chi connectivity index (χ1) is 16.2. The lowest BCUT2D eigenvalue weighted by molar-refractivity contribution is -0.192. The van der Waals surface area contributed by atoms with Crippen molar-refractivity contribution in [3.05, 3.63) is 59.4 Å². The first kappa shape index (κ1) is 27.9. The Balaban J connectivity index is 0.000000540. The van der Waals surface area contributed by atoms with Crippen LogP contribution in [0.15, 0.2) is 42.5 Å². The second-order valence-electron chi connectivity index (χ2n) is 7.57. The fourth-order valence-electron chi connectivity index (χ4n) is 3.23. The van der Waals surface area contributed by atoms with Gasteiger partial charge in [-0.3, -0.25) is 9.62 Å². The number of aliphatic carboxylic acids is 1. The van der Waals surface area contributed by atoms with Crippen molar-refractivity contribution < 1.29 is 45.8 Å². The minimum Gasteiger partial charge on any atom is -0.478 e. The highest BCUT2D eigenvalue weighted by Gasteiger charge is 2.38. The highest BCUT2D eigenvalue weighted by Crippen LogP contribution is 2.25. The topological polar surface area (TPSA) is 127 Å². The van der Waals surface area contributed by atoms with Gasteiger partial charge >= 0.3 is 18.1 Å². The number of carboxylic acid groups (broad SMARTS) is 2. The fourth-order valence-corrected chi connectivity index (χ4v) is 3.80. The molecule has 0 radical (unpaired) electrons. The van der Waals surface area contributed by atoms with Crippen LogP contribution in [0, 0.1) is 5.82 Å². The molecule has 2 aromatic carbocycles. The quantitative estimate of drug-likeness (QED) is 0.496. The van der Waals surface area contributed by atoms with Gasteiger partial charge in [0.25, 0.3) is 0 Å². The number of halogens is 4. The molecule has 0 spiro atoms. The monoisotopic (exact) mass is 521 g/mol. The molecular weight excluding hydrogens is 498 g/mol. The largest absolute Gasteiger partial charge is 0.490 e. The molecule has 1 saturated heterocycles. The molecule has 1 fully saturated rings. The van der Waals surface area contributed by atoms with Crippen LogP contribution in [0.4, 0.5) is 28.9 Å². The summed E-state index contributed by atoms with van der Waals surface area (Å²) < 4.78 is 70.6. The second-order valence-corrected chi connectivity index (χ2v) is 9.32. The van der Waals surface area contributed by atoms with Gasteiger partial charge in [0.2, 0.25) is 10.0 Å². The minimum atomic E-state index is -5.08. The minimum absolute atomic E-state index is 0.0388. The third-order valence-electron chi connectivity index (χ3n) is 4.86. The molecule has 0 aliphatic carbocycles. The number of alkyl halides is 3. The summed E-state index contributed by atoms with van der Waals surface area (Å²) >= 11 is 0. The molecule has 2 aromatic rings. The van der Waals surface area contributed by atoms with Gasteiger partial charge in [0.15, 0.2) is 0 Å². The SMILES string of the molecule is CS(=O)(=O)Nc1ccc(N2CCN(Cc3ccccc3F)CC2)cc1C(=O)O.O=C(O)C(F)(F)F. The third kappa shape index (κ3) is 8.72. The van der Waals surface area contributed by atoms with Gasteiger partial charge < -0.3 is 15.1 Å². The first-order valence-electron chi connectivity index (χ1n) is 10.0. The summed E-state index contributed by atoms with van der Waals surface area (Å²) in [5.41, 5.74) is 1.30. The Morgan fingerprint density at radius 3 is 2.09 bits per heavy atom. The first-order valence-corrected chi connectivity index (χ1v) is 11.9. The molecule has 0 amide bonds. The Morgan fingerprint density at radius 1 is 1.03 bits per heavy atom. The molecule has 14 heteroatoms. The molecule has 192 valence electrons. The van der Waals surface area contributed by atoms with Crippen LogP contribution in [0.1, 0.15) is 15.9 Å². The van der Waals surface area contributed by atoms with Crippen LogP contribution in [-0.2, 0) is 21.4 Å². The number of piperazine rings is 1. The summed E-state index contributed by atoms with van der Waals surface area (Å²) in [5.74, 6) is -4.18. The van der Waals surface area contributed by atoms with Crippen molar-refractivity contribution in [3.63, 3.8) is 0 Å². The highest BCUT2D eigenvalue weighted by molar-refractivity contribution is 7.92. The zero-order chi connectivity index (χ0) is 26.4. The summed E-state index contributed by atoms with van der Waals surface area (Å²) in [7, 11) is -3.58. The van der Waals surface area contributed by atoms with Gasteiger partial charge in [-0.2, -0.15) is 13.2 Å². The molecule has 9 nitrogen and oxygen atoms in total. The number of rotatable bonds is 6. The van der Waals surface area contributed by atoms with Crippen LogP contribution < -0.4 is 9.62 Å². The fraction of sp³-hybridized carbons (Fsp3) is 0.333. The van der Waals surface area contributed by atoms with E-state index in [1.54, 1.807) is 18.2 Å². The Kier molecular flexibility index (Phi) is 9.04. The maximum Gasteiger partial charge on any atom is 0.490 e. The number of carboxylic acids is 2. The van der Waals surface area contributed by atoms with Crippen molar-refractivity contribution in [1.82, 2.24) is 4.90 Å².